The normalized spacial score (nSPS) is 14.5. The standard InChI is InChI=1S/C8H11.2ClH.Ru/c1-2-4-6-8-7-5-3-1;;;/h1-3H,4,6-8H2;2*1H;/q-1;;;+1. The first kappa shape index (κ1) is 17.7. The maximum atomic E-state index is 3.18. The Bertz CT molecular complexity index is 96.7. The molecule has 0 heterocycles. The van der Waals surface area contributed by atoms with Gasteiger partial charge in [0.05, 0.1) is 0 Å². The van der Waals surface area contributed by atoms with Crippen LogP contribution >= 0.6 is 24.8 Å². The summed E-state index contributed by atoms with van der Waals surface area (Å²) in [4.78, 5) is 0. The van der Waals surface area contributed by atoms with Gasteiger partial charge in [-0.15, -0.1) is 31.2 Å². The van der Waals surface area contributed by atoms with Crippen molar-refractivity contribution in [2.45, 2.75) is 25.7 Å². The second kappa shape index (κ2) is 13.3. The van der Waals surface area contributed by atoms with Gasteiger partial charge in [0.2, 0.25) is 0 Å². The third kappa shape index (κ3) is 10.7. The molecule has 0 aromatic heterocycles. The molecule has 1 radical (unpaired) electrons. The average molecular weight is 281 g/mol. The maximum Gasteiger partial charge on any atom is 1.00 e. The molecule has 0 spiro atoms. The van der Waals surface area contributed by atoms with E-state index in [2.05, 4.69) is 18.2 Å². The molecule has 0 atom stereocenters. The molecule has 0 N–H and O–H groups in total. The van der Waals surface area contributed by atoms with E-state index in [-0.39, 0.29) is 44.3 Å². The van der Waals surface area contributed by atoms with Crippen LogP contribution in [0.15, 0.2) is 18.2 Å². The number of allylic oxidation sites excluding steroid dienone is 4. The summed E-state index contributed by atoms with van der Waals surface area (Å²) in [6.45, 7) is 0. The van der Waals surface area contributed by atoms with Crippen LogP contribution in [0.4, 0.5) is 0 Å². The first-order valence-corrected chi connectivity index (χ1v) is 3.22. The fourth-order valence-electron chi connectivity index (χ4n) is 0.805. The van der Waals surface area contributed by atoms with Crippen molar-refractivity contribution in [3.8, 4) is 0 Å². The van der Waals surface area contributed by atoms with Crippen LogP contribution in [0.25, 0.3) is 0 Å². The molecular formula is C8H13Cl2Ru. The van der Waals surface area contributed by atoms with Crippen LogP contribution in [0.5, 0.6) is 0 Å². The molecule has 0 aliphatic heterocycles. The Morgan fingerprint density at radius 1 is 1.09 bits per heavy atom. The number of hydrogen-bond donors (Lipinski definition) is 0. The van der Waals surface area contributed by atoms with Gasteiger partial charge < -0.3 is 0 Å². The van der Waals surface area contributed by atoms with Crippen LogP contribution in [0, 0.1) is 6.08 Å². The van der Waals surface area contributed by atoms with E-state index >= 15 is 0 Å². The molecule has 0 saturated heterocycles. The third-order valence-electron chi connectivity index (χ3n) is 1.29. The molecule has 0 saturated carbocycles. The van der Waals surface area contributed by atoms with Gasteiger partial charge in [0.15, 0.2) is 0 Å². The summed E-state index contributed by atoms with van der Waals surface area (Å²) in [5, 5.41) is 0. The minimum Gasteiger partial charge on any atom is -0.275 e. The SMILES string of the molecule is Cl.Cl.[C-]1=CC=CCCCC1.[Ru+]. The van der Waals surface area contributed by atoms with Gasteiger partial charge in [-0.2, -0.15) is 6.08 Å². The van der Waals surface area contributed by atoms with Gasteiger partial charge in [0, 0.05) is 0 Å². The molecule has 0 unspecified atom stereocenters. The molecule has 1 aliphatic carbocycles. The Morgan fingerprint density at radius 2 is 1.82 bits per heavy atom. The maximum absolute atomic E-state index is 3.18. The summed E-state index contributed by atoms with van der Waals surface area (Å²) in [7, 11) is 0. The van der Waals surface area contributed by atoms with Crippen molar-refractivity contribution in [3.63, 3.8) is 0 Å². The Labute approximate surface area is 94.1 Å². The molecule has 0 bridgehead atoms. The Balaban J connectivity index is -0.000000213. The van der Waals surface area contributed by atoms with E-state index in [0.29, 0.717) is 0 Å². The molecule has 0 nitrogen and oxygen atoms in total. The van der Waals surface area contributed by atoms with Gasteiger partial charge in [-0.25, -0.2) is 12.2 Å². The predicted octanol–water partition coefficient (Wildman–Crippen LogP) is 3.32. The Hall–Kier alpha value is 0.683. The zero-order chi connectivity index (χ0) is 5.66. The first-order valence-electron chi connectivity index (χ1n) is 3.22. The topological polar surface area (TPSA) is 0 Å². The van der Waals surface area contributed by atoms with Gasteiger partial charge >= 0.3 is 19.5 Å². The van der Waals surface area contributed by atoms with Crippen LogP contribution in [-0.4, -0.2) is 0 Å². The Kier molecular flexibility index (Phi) is 21.4. The van der Waals surface area contributed by atoms with Crippen molar-refractivity contribution >= 4 is 24.8 Å². The minimum absolute atomic E-state index is 0. The third-order valence-corrected chi connectivity index (χ3v) is 1.29. The van der Waals surface area contributed by atoms with Crippen molar-refractivity contribution in [1.82, 2.24) is 0 Å². The van der Waals surface area contributed by atoms with Crippen molar-refractivity contribution < 1.29 is 19.5 Å². The van der Waals surface area contributed by atoms with Crippen molar-refractivity contribution in [3.05, 3.63) is 24.3 Å². The van der Waals surface area contributed by atoms with Gasteiger partial charge in [0.25, 0.3) is 0 Å². The summed E-state index contributed by atoms with van der Waals surface area (Å²) in [5.41, 5.74) is 0. The zero-order valence-electron chi connectivity index (χ0n) is 6.23. The number of rotatable bonds is 0. The second-order valence-corrected chi connectivity index (χ2v) is 2.04. The summed E-state index contributed by atoms with van der Waals surface area (Å²) in [6.07, 6.45) is 14.5. The zero-order valence-corrected chi connectivity index (χ0v) is 9.60. The van der Waals surface area contributed by atoms with Crippen LogP contribution in [-0.2, 0) is 19.5 Å². The molecule has 0 aromatic rings. The molecule has 3 heteroatoms. The fourth-order valence-corrected chi connectivity index (χ4v) is 0.805. The van der Waals surface area contributed by atoms with Crippen molar-refractivity contribution in [2.24, 2.45) is 0 Å². The van der Waals surface area contributed by atoms with Gasteiger partial charge in [-0.1, -0.05) is 19.3 Å². The quantitative estimate of drug-likeness (QED) is 0.472. The van der Waals surface area contributed by atoms with E-state index in [4.69, 9.17) is 0 Å². The van der Waals surface area contributed by atoms with Gasteiger partial charge in [-0.05, 0) is 0 Å². The van der Waals surface area contributed by atoms with Crippen molar-refractivity contribution in [2.75, 3.05) is 0 Å². The molecule has 0 fully saturated rings. The Morgan fingerprint density at radius 3 is 2.55 bits per heavy atom. The number of halogens is 2. The molecule has 1 aliphatic rings. The van der Waals surface area contributed by atoms with E-state index < -0.39 is 0 Å². The van der Waals surface area contributed by atoms with Gasteiger partial charge in [0.1, 0.15) is 0 Å². The summed E-state index contributed by atoms with van der Waals surface area (Å²) in [5.74, 6) is 0. The molecule has 11 heavy (non-hydrogen) atoms. The summed E-state index contributed by atoms with van der Waals surface area (Å²) < 4.78 is 0. The monoisotopic (exact) mass is 281 g/mol. The fraction of sp³-hybridized carbons (Fsp3) is 0.500. The van der Waals surface area contributed by atoms with Crippen LogP contribution in [0.2, 0.25) is 0 Å². The molecular weight excluding hydrogens is 268 g/mol. The summed E-state index contributed by atoms with van der Waals surface area (Å²) in [6, 6.07) is 0. The van der Waals surface area contributed by atoms with E-state index in [1.807, 2.05) is 6.08 Å². The summed E-state index contributed by atoms with van der Waals surface area (Å²) >= 11 is 0. The van der Waals surface area contributed by atoms with Crippen LogP contribution < -0.4 is 0 Å². The predicted molar refractivity (Wildman–Crippen MR) is 49.9 cm³/mol. The molecule has 67 valence electrons. The average Bonchev–Trinajstić information content (AvgIpc) is 1.62. The number of hydrogen-bond acceptors (Lipinski definition) is 0. The largest absolute Gasteiger partial charge is 1.00 e. The molecule has 0 aromatic carbocycles. The molecule has 1 rings (SSSR count). The van der Waals surface area contributed by atoms with E-state index in [1.165, 1.54) is 19.3 Å². The van der Waals surface area contributed by atoms with Crippen LogP contribution in [0.1, 0.15) is 25.7 Å². The molecule has 0 amide bonds. The van der Waals surface area contributed by atoms with Crippen molar-refractivity contribution in [1.29, 1.82) is 0 Å². The van der Waals surface area contributed by atoms with E-state index in [0.717, 1.165) is 6.42 Å². The van der Waals surface area contributed by atoms with Crippen LogP contribution in [0.3, 0.4) is 0 Å². The van der Waals surface area contributed by atoms with E-state index in [9.17, 15) is 0 Å². The smallest absolute Gasteiger partial charge is 0.275 e. The first-order chi connectivity index (χ1) is 4.00. The minimum atomic E-state index is 0. The van der Waals surface area contributed by atoms with Gasteiger partial charge in [-0.3, -0.25) is 6.08 Å². The second-order valence-electron chi connectivity index (χ2n) is 2.04. The van der Waals surface area contributed by atoms with E-state index in [1.54, 1.807) is 0 Å².